The number of aromatic nitrogens is 2. The largest absolute Gasteiger partial charge is 0.462 e. The van der Waals surface area contributed by atoms with Crippen LogP contribution < -0.4 is 21.0 Å². The van der Waals surface area contributed by atoms with E-state index in [-0.39, 0.29) is 5.43 Å². The summed E-state index contributed by atoms with van der Waals surface area (Å²) in [6, 6.07) is 11.6. The molecular formula is C27H29Cl2N5O2. The number of rotatable bonds is 7. The van der Waals surface area contributed by atoms with Crippen molar-refractivity contribution in [3.8, 4) is 0 Å². The van der Waals surface area contributed by atoms with Gasteiger partial charge in [-0.25, -0.2) is 4.98 Å². The van der Waals surface area contributed by atoms with Gasteiger partial charge < -0.3 is 20.0 Å². The monoisotopic (exact) mass is 525 g/mol. The van der Waals surface area contributed by atoms with Crippen LogP contribution in [0, 0.1) is 5.92 Å². The molecule has 0 aliphatic heterocycles. The van der Waals surface area contributed by atoms with Gasteiger partial charge in [0.2, 0.25) is 5.95 Å². The molecule has 7 nitrogen and oxygen atoms in total. The van der Waals surface area contributed by atoms with E-state index in [1.54, 1.807) is 12.1 Å². The van der Waals surface area contributed by atoms with Gasteiger partial charge >= 0.3 is 0 Å². The summed E-state index contributed by atoms with van der Waals surface area (Å²) in [5, 5.41) is 9.21. The number of fused-ring (bicyclic) bond motifs is 2. The van der Waals surface area contributed by atoms with Crippen LogP contribution in [0.4, 0.5) is 11.8 Å². The predicted molar refractivity (Wildman–Crippen MR) is 147 cm³/mol. The van der Waals surface area contributed by atoms with Crippen molar-refractivity contribution in [2.75, 3.05) is 30.9 Å². The fourth-order valence-electron chi connectivity index (χ4n) is 4.90. The number of halogens is 2. The van der Waals surface area contributed by atoms with Crippen molar-refractivity contribution in [2.24, 2.45) is 5.92 Å². The van der Waals surface area contributed by atoms with E-state index in [0.29, 0.717) is 51.0 Å². The minimum atomic E-state index is -0.103. The topological polar surface area (TPSA) is 83.3 Å². The third kappa shape index (κ3) is 5.28. The molecule has 36 heavy (non-hydrogen) atoms. The number of benzene rings is 2. The maximum absolute atomic E-state index is 12.8. The number of nitrogens with zero attached hydrogens (tertiary/aromatic N) is 3. The Labute approximate surface area is 219 Å². The lowest BCUT2D eigenvalue weighted by atomic mass is 9.86. The highest BCUT2D eigenvalue weighted by Gasteiger charge is 2.22. The van der Waals surface area contributed by atoms with E-state index in [2.05, 4.69) is 16.7 Å². The Morgan fingerprint density at radius 3 is 2.61 bits per heavy atom. The normalized spacial score (nSPS) is 18.0. The summed E-state index contributed by atoms with van der Waals surface area (Å²) in [5.74, 6) is 2.15. The Hall–Kier alpha value is -2.87. The average Bonchev–Trinajstić information content (AvgIpc) is 2.86. The van der Waals surface area contributed by atoms with Gasteiger partial charge in [0, 0.05) is 42.7 Å². The van der Waals surface area contributed by atoms with Gasteiger partial charge in [-0.1, -0.05) is 35.3 Å². The zero-order valence-electron chi connectivity index (χ0n) is 20.4. The van der Waals surface area contributed by atoms with E-state index in [1.807, 2.05) is 37.2 Å². The summed E-state index contributed by atoms with van der Waals surface area (Å²) in [7, 11) is 4.01. The molecule has 0 unspecified atom stereocenters. The van der Waals surface area contributed by atoms with Crippen LogP contribution in [0.3, 0.4) is 0 Å². The predicted octanol–water partition coefficient (Wildman–Crippen LogP) is 5.87. The fraction of sp³-hybridized carbons (Fsp3) is 0.370. The third-order valence-corrected chi connectivity index (χ3v) is 7.30. The number of para-hydroxylation sites is 1. The van der Waals surface area contributed by atoms with Crippen molar-refractivity contribution in [2.45, 2.75) is 38.3 Å². The van der Waals surface area contributed by atoms with E-state index in [4.69, 9.17) is 37.6 Å². The maximum Gasteiger partial charge on any atom is 0.225 e. The highest BCUT2D eigenvalue weighted by molar-refractivity contribution is 6.38. The first kappa shape index (κ1) is 24.8. The van der Waals surface area contributed by atoms with Crippen LogP contribution in [0.25, 0.3) is 21.9 Å². The van der Waals surface area contributed by atoms with Crippen LogP contribution >= 0.6 is 23.2 Å². The van der Waals surface area contributed by atoms with Crippen molar-refractivity contribution >= 4 is 56.8 Å². The molecule has 5 rings (SSSR count). The van der Waals surface area contributed by atoms with Crippen molar-refractivity contribution in [3.05, 3.63) is 68.5 Å². The van der Waals surface area contributed by atoms with Gasteiger partial charge in [0.1, 0.15) is 5.82 Å². The Balaban J connectivity index is 1.16. The van der Waals surface area contributed by atoms with Gasteiger partial charge in [0.25, 0.3) is 0 Å². The van der Waals surface area contributed by atoms with Crippen LogP contribution in [-0.4, -0.2) is 36.6 Å². The zero-order chi connectivity index (χ0) is 25.2. The van der Waals surface area contributed by atoms with Crippen LogP contribution in [0.5, 0.6) is 0 Å². The Kier molecular flexibility index (Phi) is 7.32. The summed E-state index contributed by atoms with van der Waals surface area (Å²) < 4.78 is 5.62. The molecule has 0 radical (unpaired) electrons. The molecule has 2 aromatic carbocycles. The number of nitrogens with one attached hydrogen (secondary N) is 2. The minimum absolute atomic E-state index is 0.103. The van der Waals surface area contributed by atoms with Crippen LogP contribution in [0.15, 0.2) is 51.9 Å². The van der Waals surface area contributed by atoms with Gasteiger partial charge in [0.05, 0.1) is 22.2 Å². The molecule has 9 heteroatoms. The van der Waals surface area contributed by atoms with Gasteiger partial charge in [0.15, 0.2) is 11.0 Å². The molecule has 1 aliphatic carbocycles. The van der Waals surface area contributed by atoms with Crippen molar-refractivity contribution < 1.29 is 4.42 Å². The first-order valence-electron chi connectivity index (χ1n) is 12.2. The number of hydrogen-bond donors (Lipinski definition) is 2. The lowest BCUT2D eigenvalue weighted by molar-refractivity contribution is 0.323. The number of hydrogen-bond acceptors (Lipinski definition) is 7. The Morgan fingerprint density at radius 2 is 1.83 bits per heavy atom. The molecule has 0 amide bonds. The van der Waals surface area contributed by atoms with E-state index in [0.717, 1.165) is 48.9 Å². The molecule has 1 fully saturated rings. The van der Waals surface area contributed by atoms with E-state index >= 15 is 0 Å². The molecule has 188 valence electrons. The molecule has 0 saturated heterocycles. The molecule has 2 aromatic heterocycles. The molecule has 2 N–H and O–H groups in total. The van der Waals surface area contributed by atoms with Gasteiger partial charge in [-0.3, -0.25) is 4.79 Å². The van der Waals surface area contributed by atoms with Crippen LogP contribution in [-0.2, 0) is 6.54 Å². The Bertz CT molecular complexity index is 1450. The molecule has 0 atom stereocenters. The SMILES string of the molecule is CN(C)c1nc(N[C@H]2CC[C@@H](CNCc3coc4c(Cl)cc(Cl)cc4c3=O)CC2)nc2ccccc12. The second-order valence-corrected chi connectivity index (χ2v) is 10.5. The fourth-order valence-corrected chi connectivity index (χ4v) is 5.44. The molecular weight excluding hydrogens is 497 g/mol. The number of anilines is 2. The van der Waals surface area contributed by atoms with E-state index in [9.17, 15) is 4.79 Å². The lowest BCUT2D eigenvalue weighted by Gasteiger charge is -2.29. The molecule has 4 aromatic rings. The van der Waals surface area contributed by atoms with Crippen molar-refractivity contribution in [3.63, 3.8) is 0 Å². The lowest BCUT2D eigenvalue weighted by Crippen LogP contribution is -2.32. The second-order valence-electron chi connectivity index (χ2n) is 9.63. The van der Waals surface area contributed by atoms with Crippen molar-refractivity contribution in [1.29, 1.82) is 0 Å². The third-order valence-electron chi connectivity index (χ3n) is 6.80. The summed E-state index contributed by atoms with van der Waals surface area (Å²) in [6.07, 6.45) is 5.78. The molecule has 2 heterocycles. The quantitative estimate of drug-likeness (QED) is 0.312. The first-order valence-corrected chi connectivity index (χ1v) is 13.0. The summed E-state index contributed by atoms with van der Waals surface area (Å²) in [5.41, 5.74) is 1.78. The van der Waals surface area contributed by atoms with Crippen LogP contribution in [0.2, 0.25) is 10.0 Å². The molecule has 1 saturated carbocycles. The van der Waals surface area contributed by atoms with Gasteiger partial charge in [-0.2, -0.15) is 4.98 Å². The summed E-state index contributed by atoms with van der Waals surface area (Å²) in [4.78, 5) is 24.4. The standard InChI is InChI=1S/C27H29Cl2N5O2/c1-34(2)26-20-5-3-4-6-23(20)32-27(33-26)31-19-9-7-16(8-10-19)13-30-14-17-15-36-25-21(24(17)35)11-18(28)12-22(25)29/h3-6,11-12,15-16,19,30H,7-10,13-14H2,1-2H3,(H,31,32,33)/t16-,19+. The smallest absolute Gasteiger partial charge is 0.225 e. The van der Waals surface area contributed by atoms with E-state index in [1.165, 1.54) is 6.26 Å². The average molecular weight is 526 g/mol. The van der Waals surface area contributed by atoms with Gasteiger partial charge in [-0.05, 0) is 62.4 Å². The van der Waals surface area contributed by atoms with Crippen LogP contribution in [0.1, 0.15) is 31.2 Å². The molecule has 0 spiro atoms. The highest BCUT2D eigenvalue weighted by atomic mass is 35.5. The second kappa shape index (κ2) is 10.6. The van der Waals surface area contributed by atoms with Gasteiger partial charge in [-0.15, -0.1) is 0 Å². The van der Waals surface area contributed by atoms with E-state index < -0.39 is 0 Å². The minimum Gasteiger partial charge on any atom is -0.462 e. The zero-order valence-corrected chi connectivity index (χ0v) is 21.9. The maximum atomic E-state index is 12.8. The summed E-state index contributed by atoms with van der Waals surface area (Å²) >= 11 is 12.2. The molecule has 1 aliphatic rings. The van der Waals surface area contributed by atoms with Crippen molar-refractivity contribution in [1.82, 2.24) is 15.3 Å². The summed E-state index contributed by atoms with van der Waals surface area (Å²) in [6.45, 7) is 1.29. The Morgan fingerprint density at radius 1 is 1.06 bits per heavy atom. The molecule has 0 bridgehead atoms. The highest BCUT2D eigenvalue weighted by Crippen LogP contribution is 2.29. The first-order chi connectivity index (χ1) is 17.4.